The number of nitrogens with zero attached hydrogens (tertiary/aromatic N) is 1. The topological polar surface area (TPSA) is 12.9 Å². The highest BCUT2D eigenvalue weighted by molar-refractivity contribution is 9.08. The van der Waals surface area contributed by atoms with E-state index in [2.05, 4.69) is 20.9 Å². The summed E-state index contributed by atoms with van der Waals surface area (Å²) in [5, 5.41) is 0.206. The molecule has 0 aliphatic rings. The van der Waals surface area contributed by atoms with E-state index >= 15 is 0 Å². The molecule has 1 aromatic heterocycles. The van der Waals surface area contributed by atoms with Crippen molar-refractivity contribution in [1.29, 1.82) is 0 Å². The molecule has 0 amide bonds. The third-order valence-electron chi connectivity index (χ3n) is 1.75. The Kier molecular flexibility index (Phi) is 3.30. The van der Waals surface area contributed by atoms with Gasteiger partial charge in [0.15, 0.2) is 0 Å². The summed E-state index contributed by atoms with van der Waals surface area (Å²) in [5.74, 6) is -1.09. The van der Waals surface area contributed by atoms with Crippen LogP contribution >= 0.6 is 15.9 Å². The van der Waals surface area contributed by atoms with Gasteiger partial charge in [-0.15, -0.1) is 0 Å². The number of aryl methyl sites for hydroxylation is 1. The first kappa shape index (κ1) is 10.5. The van der Waals surface area contributed by atoms with Crippen LogP contribution in [0.4, 0.5) is 13.2 Å². The Morgan fingerprint density at radius 1 is 1.54 bits per heavy atom. The summed E-state index contributed by atoms with van der Waals surface area (Å²) in [7, 11) is 0. The molecule has 1 heterocycles. The van der Waals surface area contributed by atoms with Crippen LogP contribution in [-0.4, -0.2) is 4.98 Å². The summed E-state index contributed by atoms with van der Waals surface area (Å²) in [5.41, 5.74) is 0.243. The highest BCUT2D eigenvalue weighted by atomic mass is 79.9. The van der Waals surface area contributed by atoms with Crippen LogP contribution in [0.1, 0.15) is 23.1 Å². The van der Waals surface area contributed by atoms with Crippen LogP contribution in [0.25, 0.3) is 0 Å². The Labute approximate surface area is 82.1 Å². The molecule has 0 saturated carbocycles. The largest absolute Gasteiger partial charge is 0.268 e. The predicted molar refractivity (Wildman–Crippen MR) is 46.5 cm³/mol. The molecule has 0 aliphatic carbocycles. The lowest BCUT2D eigenvalue weighted by molar-refractivity contribution is 0.144. The molecule has 0 unspecified atom stereocenters. The fourth-order valence-electron chi connectivity index (χ4n) is 1.04. The Balaban J connectivity index is 3.35. The molecule has 1 aromatic rings. The number of pyridine rings is 1. The summed E-state index contributed by atoms with van der Waals surface area (Å²) in [6.07, 6.45) is -1.57. The van der Waals surface area contributed by atoms with Gasteiger partial charge in [0.05, 0.1) is 5.56 Å². The first-order valence-electron chi connectivity index (χ1n) is 3.56. The molecular formula is C8H7BrF3N. The first-order valence-corrected chi connectivity index (χ1v) is 4.68. The molecule has 0 N–H and O–H groups in total. The first-order chi connectivity index (χ1) is 6.07. The van der Waals surface area contributed by atoms with Crippen LogP contribution in [-0.2, 0) is 5.33 Å². The summed E-state index contributed by atoms with van der Waals surface area (Å²) in [6.45, 7) is 1.62. The Bertz CT molecular complexity index is 315. The van der Waals surface area contributed by atoms with Gasteiger partial charge >= 0.3 is 0 Å². The number of alkyl halides is 3. The number of hydrogen-bond donors (Lipinski definition) is 0. The molecule has 0 spiro atoms. The third-order valence-corrected chi connectivity index (χ3v) is 2.31. The van der Waals surface area contributed by atoms with Gasteiger partial charge in [0.2, 0.25) is 5.95 Å². The van der Waals surface area contributed by atoms with Crippen LogP contribution in [0.2, 0.25) is 0 Å². The van der Waals surface area contributed by atoms with Crippen molar-refractivity contribution in [2.45, 2.75) is 18.7 Å². The molecule has 0 aliphatic heterocycles. The average Bonchev–Trinajstić information content (AvgIpc) is 2.07. The quantitative estimate of drug-likeness (QED) is 0.582. The summed E-state index contributed by atoms with van der Waals surface area (Å²) < 4.78 is 37.6. The Morgan fingerprint density at radius 2 is 2.15 bits per heavy atom. The van der Waals surface area contributed by atoms with Crippen LogP contribution < -0.4 is 0 Å². The third kappa shape index (κ3) is 2.02. The van der Waals surface area contributed by atoms with Crippen LogP contribution in [0.15, 0.2) is 6.20 Å². The van der Waals surface area contributed by atoms with Crippen molar-refractivity contribution >= 4 is 15.9 Å². The normalized spacial score (nSPS) is 10.9. The van der Waals surface area contributed by atoms with Crippen molar-refractivity contribution < 1.29 is 13.2 Å². The monoisotopic (exact) mass is 253 g/mol. The molecule has 1 rings (SSSR count). The molecule has 72 valence electrons. The Morgan fingerprint density at radius 3 is 2.54 bits per heavy atom. The molecule has 0 atom stereocenters. The number of hydrogen-bond acceptors (Lipinski definition) is 1. The van der Waals surface area contributed by atoms with Gasteiger partial charge in [0.25, 0.3) is 6.43 Å². The van der Waals surface area contributed by atoms with E-state index in [4.69, 9.17) is 0 Å². The van der Waals surface area contributed by atoms with E-state index in [1.54, 1.807) is 6.92 Å². The van der Waals surface area contributed by atoms with Gasteiger partial charge < -0.3 is 0 Å². The van der Waals surface area contributed by atoms with Crippen LogP contribution in [0.3, 0.4) is 0 Å². The molecule has 0 radical (unpaired) electrons. The van der Waals surface area contributed by atoms with Crippen LogP contribution in [0, 0.1) is 12.9 Å². The second kappa shape index (κ2) is 4.09. The zero-order valence-corrected chi connectivity index (χ0v) is 8.41. The number of aromatic nitrogens is 1. The van der Waals surface area contributed by atoms with Crippen molar-refractivity contribution in [2.24, 2.45) is 0 Å². The zero-order valence-electron chi connectivity index (χ0n) is 6.82. The predicted octanol–water partition coefficient (Wildman–Crippen LogP) is 3.36. The van der Waals surface area contributed by atoms with Gasteiger partial charge in [-0.1, -0.05) is 15.9 Å². The minimum atomic E-state index is -2.82. The lowest BCUT2D eigenvalue weighted by Crippen LogP contribution is -2.02. The molecule has 0 saturated heterocycles. The van der Waals surface area contributed by atoms with Gasteiger partial charge in [-0.25, -0.2) is 13.8 Å². The molecule has 0 aromatic carbocycles. The second-order valence-electron chi connectivity index (χ2n) is 2.56. The van der Waals surface area contributed by atoms with Gasteiger partial charge in [0, 0.05) is 11.5 Å². The average molecular weight is 254 g/mol. The second-order valence-corrected chi connectivity index (χ2v) is 3.12. The molecule has 13 heavy (non-hydrogen) atoms. The molecule has 0 bridgehead atoms. The van der Waals surface area contributed by atoms with E-state index in [0.29, 0.717) is 5.56 Å². The maximum atomic E-state index is 12.9. The fourth-order valence-corrected chi connectivity index (χ4v) is 1.78. The van der Waals surface area contributed by atoms with Gasteiger partial charge in [-0.2, -0.15) is 4.39 Å². The smallest absolute Gasteiger partial charge is 0.228 e. The van der Waals surface area contributed by atoms with Crippen LogP contribution in [0.5, 0.6) is 0 Å². The van der Waals surface area contributed by atoms with Gasteiger partial charge in [-0.3, -0.25) is 0 Å². The lowest BCUT2D eigenvalue weighted by atomic mass is 10.1. The fraction of sp³-hybridized carbons (Fsp3) is 0.375. The zero-order chi connectivity index (χ0) is 10.0. The summed E-state index contributed by atoms with van der Waals surface area (Å²) >= 11 is 3.03. The SMILES string of the molecule is Cc1cnc(F)c(C(F)F)c1CBr. The summed E-state index contributed by atoms with van der Waals surface area (Å²) in [4.78, 5) is 3.24. The number of halogens is 4. The molecule has 0 fully saturated rings. The van der Waals surface area contributed by atoms with Gasteiger partial charge in [-0.05, 0) is 18.1 Å². The van der Waals surface area contributed by atoms with E-state index in [1.165, 1.54) is 6.20 Å². The lowest BCUT2D eigenvalue weighted by Gasteiger charge is -2.09. The van der Waals surface area contributed by atoms with Crippen molar-refractivity contribution in [3.63, 3.8) is 0 Å². The Hall–Kier alpha value is -0.580. The van der Waals surface area contributed by atoms with E-state index in [1.807, 2.05) is 0 Å². The molecule has 5 heteroatoms. The number of rotatable bonds is 2. The highest BCUT2D eigenvalue weighted by Crippen LogP contribution is 2.28. The van der Waals surface area contributed by atoms with E-state index < -0.39 is 17.9 Å². The standard InChI is InChI=1S/C8H7BrF3N/c1-4-3-13-8(12)6(7(10)11)5(4)2-9/h3,7H,2H2,1H3. The van der Waals surface area contributed by atoms with E-state index in [0.717, 1.165) is 0 Å². The van der Waals surface area contributed by atoms with E-state index in [-0.39, 0.29) is 10.9 Å². The highest BCUT2D eigenvalue weighted by Gasteiger charge is 2.20. The summed E-state index contributed by atoms with van der Waals surface area (Å²) in [6, 6.07) is 0. The van der Waals surface area contributed by atoms with Crippen molar-refractivity contribution in [3.8, 4) is 0 Å². The maximum Gasteiger partial charge on any atom is 0.268 e. The van der Waals surface area contributed by atoms with E-state index in [9.17, 15) is 13.2 Å². The maximum absolute atomic E-state index is 12.9. The molecular weight excluding hydrogens is 247 g/mol. The van der Waals surface area contributed by atoms with Gasteiger partial charge in [0.1, 0.15) is 0 Å². The van der Waals surface area contributed by atoms with Crippen molar-refractivity contribution in [2.75, 3.05) is 0 Å². The minimum Gasteiger partial charge on any atom is -0.228 e. The van der Waals surface area contributed by atoms with Crippen molar-refractivity contribution in [3.05, 3.63) is 28.8 Å². The minimum absolute atomic E-state index is 0.206. The molecule has 1 nitrogen and oxygen atoms in total. The van der Waals surface area contributed by atoms with Crippen molar-refractivity contribution in [1.82, 2.24) is 4.98 Å².